The number of rotatable bonds is 9. The van der Waals surface area contributed by atoms with Crippen LogP contribution in [0.3, 0.4) is 0 Å². The Bertz CT molecular complexity index is 2110. The molecule has 1 fully saturated rings. The van der Waals surface area contributed by atoms with Crippen molar-refractivity contribution in [2.24, 2.45) is 0 Å². The number of nitrogens with zero attached hydrogens (tertiary/aromatic N) is 4. The predicted octanol–water partition coefficient (Wildman–Crippen LogP) is 4.36. The number of nitriles is 1. The summed E-state index contributed by atoms with van der Waals surface area (Å²) in [6, 6.07) is 35.2. The summed E-state index contributed by atoms with van der Waals surface area (Å²) in [4.78, 5) is 32.3. The van der Waals surface area contributed by atoms with Gasteiger partial charge in [0.25, 0.3) is 11.5 Å². The Morgan fingerprint density at radius 1 is 0.796 bits per heavy atom. The molecule has 4 aromatic carbocycles. The molecule has 10 heteroatoms. The van der Waals surface area contributed by atoms with E-state index < -0.39 is 5.91 Å². The summed E-state index contributed by atoms with van der Waals surface area (Å²) in [5.41, 5.74) is 3.15. The first-order valence-corrected chi connectivity index (χ1v) is 16.6. The van der Waals surface area contributed by atoms with Crippen LogP contribution in [0.25, 0.3) is 17.3 Å². The maximum Gasteiger partial charge on any atom is 0.273 e. The Kier molecular flexibility index (Phi) is 10.2. The normalized spacial score (nSPS) is 14.3. The number of ether oxygens (including phenoxy) is 3. The molecular formula is C39H36N4O5S. The van der Waals surface area contributed by atoms with Crippen LogP contribution in [0.15, 0.2) is 108 Å². The molecule has 0 N–H and O–H groups in total. The molecule has 248 valence electrons. The Hall–Kier alpha value is -5.63. The summed E-state index contributed by atoms with van der Waals surface area (Å²) in [6.45, 7) is 2.10. The van der Waals surface area contributed by atoms with Crippen molar-refractivity contribution >= 4 is 28.9 Å². The quantitative estimate of drug-likeness (QED) is 0.230. The van der Waals surface area contributed by atoms with E-state index in [2.05, 4.69) is 35.2 Å². The molecule has 1 aliphatic rings. The number of benzene rings is 4. The number of thiazole rings is 1. The van der Waals surface area contributed by atoms with Crippen molar-refractivity contribution in [1.29, 1.82) is 5.26 Å². The van der Waals surface area contributed by atoms with Crippen molar-refractivity contribution < 1.29 is 19.0 Å². The highest BCUT2D eigenvalue weighted by molar-refractivity contribution is 7.07. The number of hydrogen-bond donors (Lipinski definition) is 0. The molecule has 1 aliphatic heterocycles. The van der Waals surface area contributed by atoms with Crippen molar-refractivity contribution in [2.75, 3.05) is 47.5 Å². The van der Waals surface area contributed by atoms with Gasteiger partial charge in [-0.1, -0.05) is 66.7 Å². The number of piperazine rings is 1. The van der Waals surface area contributed by atoms with E-state index in [9.17, 15) is 14.9 Å². The number of aromatic nitrogens is 1. The van der Waals surface area contributed by atoms with E-state index in [1.165, 1.54) is 15.7 Å². The van der Waals surface area contributed by atoms with Crippen molar-refractivity contribution in [1.82, 2.24) is 14.4 Å². The average Bonchev–Trinajstić information content (AvgIpc) is 3.47. The topological polar surface area (TPSA) is 97.0 Å². The van der Waals surface area contributed by atoms with E-state index in [4.69, 9.17) is 14.2 Å². The van der Waals surface area contributed by atoms with E-state index in [1.54, 1.807) is 68.7 Å². The fourth-order valence-electron chi connectivity index (χ4n) is 6.12. The molecule has 2 heterocycles. The highest BCUT2D eigenvalue weighted by Gasteiger charge is 2.30. The lowest BCUT2D eigenvalue weighted by Crippen LogP contribution is -2.50. The standard InChI is InChI=1S/C39H36N4O5S/c1-46-31-17-15-30(16-18-31)43-38(45)35(25-27-14-19-33(47-2)34(24-27)48-3)49-39(43)32(26-40)37(44)42-22-20-41(21-23-42)36(28-10-6-4-7-11-28)29-12-8-5-9-13-29/h4-19,24-25,36H,20-23H2,1-3H3/b35-25+,39-32-. The van der Waals surface area contributed by atoms with E-state index in [0.717, 1.165) is 11.3 Å². The fourth-order valence-corrected chi connectivity index (χ4v) is 7.22. The van der Waals surface area contributed by atoms with Crippen molar-refractivity contribution in [2.45, 2.75) is 6.04 Å². The Balaban J connectivity index is 1.38. The minimum absolute atomic E-state index is 0.0336. The van der Waals surface area contributed by atoms with Gasteiger partial charge in [-0.05, 0) is 59.2 Å². The SMILES string of the molecule is COc1ccc(-n2c(=O)/c(=C\c3ccc(OC)c(OC)c3)s/c2=C(/C#N)C(=O)N2CCN(C(c3ccccc3)c3ccccc3)CC2)cc1. The maximum atomic E-state index is 14.1. The molecule has 0 spiro atoms. The first-order valence-electron chi connectivity index (χ1n) is 15.8. The molecule has 1 aromatic heterocycles. The zero-order chi connectivity index (χ0) is 34.3. The van der Waals surface area contributed by atoms with Gasteiger partial charge in [0, 0.05) is 26.2 Å². The van der Waals surface area contributed by atoms with Gasteiger partial charge in [-0.3, -0.25) is 19.1 Å². The van der Waals surface area contributed by atoms with Crippen LogP contribution in [0.5, 0.6) is 17.2 Å². The minimum Gasteiger partial charge on any atom is -0.497 e. The van der Waals surface area contributed by atoms with Crippen LogP contribution in [-0.2, 0) is 4.79 Å². The van der Waals surface area contributed by atoms with Crippen LogP contribution in [0.4, 0.5) is 0 Å². The number of hydrogen-bond acceptors (Lipinski definition) is 8. The second kappa shape index (κ2) is 15.1. The minimum atomic E-state index is -0.403. The van der Waals surface area contributed by atoms with Crippen LogP contribution in [-0.4, -0.2) is 67.8 Å². The lowest BCUT2D eigenvalue weighted by Gasteiger charge is -2.39. The zero-order valence-electron chi connectivity index (χ0n) is 27.5. The van der Waals surface area contributed by atoms with Gasteiger partial charge in [-0.15, -0.1) is 11.3 Å². The van der Waals surface area contributed by atoms with Crippen LogP contribution in [0.1, 0.15) is 22.7 Å². The molecular weight excluding hydrogens is 637 g/mol. The van der Waals surface area contributed by atoms with Crippen molar-refractivity contribution in [3.8, 4) is 29.0 Å². The molecule has 5 aromatic rings. The Labute approximate surface area is 288 Å². The van der Waals surface area contributed by atoms with Crippen molar-refractivity contribution in [3.05, 3.63) is 139 Å². The number of methoxy groups -OCH3 is 3. The first kappa shape index (κ1) is 33.3. The molecule has 0 radical (unpaired) electrons. The third-order valence-electron chi connectivity index (χ3n) is 8.60. The molecule has 0 atom stereocenters. The second-order valence-corrected chi connectivity index (χ2v) is 12.4. The number of amides is 1. The van der Waals surface area contributed by atoms with Gasteiger partial charge in [-0.2, -0.15) is 5.26 Å². The molecule has 0 saturated carbocycles. The zero-order valence-corrected chi connectivity index (χ0v) is 28.4. The smallest absolute Gasteiger partial charge is 0.273 e. The molecule has 0 bridgehead atoms. The highest BCUT2D eigenvalue weighted by Crippen LogP contribution is 2.30. The average molecular weight is 673 g/mol. The van der Waals surface area contributed by atoms with Gasteiger partial charge >= 0.3 is 0 Å². The molecule has 6 rings (SSSR count). The van der Waals surface area contributed by atoms with E-state index in [-0.39, 0.29) is 21.8 Å². The van der Waals surface area contributed by atoms with E-state index in [1.807, 2.05) is 42.5 Å². The predicted molar refractivity (Wildman–Crippen MR) is 191 cm³/mol. The lowest BCUT2D eigenvalue weighted by molar-refractivity contribution is -0.126. The number of carbonyl (C=O) groups excluding carboxylic acids is 1. The molecule has 1 saturated heterocycles. The van der Waals surface area contributed by atoms with Gasteiger partial charge in [-0.25, -0.2) is 0 Å². The van der Waals surface area contributed by atoms with Gasteiger partial charge in [0.2, 0.25) is 0 Å². The molecule has 9 nitrogen and oxygen atoms in total. The van der Waals surface area contributed by atoms with E-state index >= 15 is 0 Å². The van der Waals surface area contributed by atoms with Crippen LogP contribution >= 0.6 is 11.3 Å². The summed E-state index contributed by atoms with van der Waals surface area (Å²) < 4.78 is 18.2. The summed E-state index contributed by atoms with van der Waals surface area (Å²) in [5, 5.41) is 10.5. The van der Waals surface area contributed by atoms with E-state index in [0.29, 0.717) is 59.2 Å². The molecule has 49 heavy (non-hydrogen) atoms. The Morgan fingerprint density at radius 2 is 1.41 bits per heavy atom. The van der Waals surface area contributed by atoms with Crippen molar-refractivity contribution in [3.63, 3.8) is 0 Å². The molecule has 1 amide bonds. The largest absolute Gasteiger partial charge is 0.497 e. The maximum absolute atomic E-state index is 14.1. The summed E-state index contributed by atoms with van der Waals surface area (Å²) >= 11 is 1.11. The first-order chi connectivity index (χ1) is 23.9. The summed E-state index contributed by atoms with van der Waals surface area (Å²) in [6.07, 6.45) is 1.73. The molecule has 0 aliphatic carbocycles. The second-order valence-electron chi connectivity index (χ2n) is 11.4. The van der Waals surface area contributed by atoms with Crippen LogP contribution in [0.2, 0.25) is 0 Å². The Morgan fingerprint density at radius 3 is 1.96 bits per heavy atom. The highest BCUT2D eigenvalue weighted by atomic mass is 32.1. The molecule has 0 unspecified atom stereocenters. The third kappa shape index (κ3) is 6.99. The summed E-state index contributed by atoms with van der Waals surface area (Å²) in [7, 11) is 4.67. The lowest BCUT2D eigenvalue weighted by atomic mass is 9.96. The van der Waals surface area contributed by atoms with Crippen LogP contribution < -0.4 is 29.0 Å². The monoisotopic (exact) mass is 672 g/mol. The van der Waals surface area contributed by atoms with Gasteiger partial charge in [0.1, 0.15) is 16.5 Å². The van der Waals surface area contributed by atoms with Gasteiger partial charge in [0.05, 0.1) is 37.6 Å². The third-order valence-corrected chi connectivity index (χ3v) is 9.69. The number of carbonyl (C=O) groups is 1. The summed E-state index contributed by atoms with van der Waals surface area (Å²) in [5.74, 6) is 1.29. The van der Waals surface area contributed by atoms with Crippen LogP contribution in [0, 0.1) is 11.3 Å². The van der Waals surface area contributed by atoms with Gasteiger partial charge < -0.3 is 19.1 Å². The fraction of sp³-hybridized carbons (Fsp3) is 0.205. The van der Waals surface area contributed by atoms with Gasteiger partial charge in [0.15, 0.2) is 17.1 Å².